The fraction of sp³-hybridized carbons (Fsp3) is 0.588. The number of hydrogen-bond donors (Lipinski definition) is 0. The second-order valence-corrected chi connectivity index (χ2v) is 6.93. The number of hydrogen-bond acceptors (Lipinski definition) is 4. The maximum Gasteiger partial charge on any atom is 0.233 e. The van der Waals surface area contributed by atoms with Crippen LogP contribution in [0, 0.1) is 17.9 Å². The fourth-order valence-corrected chi connectivity index (χ4v) is 3.55. The molecular weight excluding hydrogens is 310 g/mol. The van der Waals surface area contributed by atoms with Crippen LogP contribution in [0.2, 0.25) is 5.15 Å². The van der Waals surface area contributed by atoms with Gasteiger partial charge in [-0.05, 0) is 51.3 Å². The van der Waals surface area contributed by atoms with Gasteiger partial charge in [-0.1, -0.05) is 11.6 Å². The Morgan fingerprint density at radius 1 is 1.39 bits per heavy atom. The van der Waals surface area contributed by atoms with Crippen molar-refractivity contribution < 1.29 is 0 Å². The lowest BCUT2D eigenvalue weighted by Crippen LogP contribution is -2.45. The number of pyridine rings is 1. The summed E-state index contributed by atoms with van der Waals surface area (Å²) >= 11 is 6.28. The maximum atomic E-state index is 9.41. The number of nitrogens with zero attached hydrogens (tertiary/aromatic N) is 5. The van der Waals surface area contributed by atoms with Crippen LogP contribution in [0.1, 0.15) is 42.7 Å². The maximum absolute atomic E-state index is 9.41. The molecule has 1 saturated carbocycles. The van der Waals surface area contributed by atoms with E-state index in [4.69, 9.17) is 18.2 Å². The Morgan fingerprint density at radius 3 is 2.70 bits per heavy atom. The summed E-state index contributed by atoms with van der Waals surface area (Å²) < 4.78 is 0. The number of anilines is 1. The zero-order chi connectivity index (χ0) is 16.6. The molecule has 1 aromatic heterocycles. The molecule has 1 aliphatic heterocycles. The average Bonchev–Trinajstić information content (AvgIpc) is 3.38. The summed E-state index contributed by atoms with van der Waals surface area (Å²) in [7, 11) is 4.16. The molecule has 6 heteroatoms. The van der Waals surface area contributed by atoms with Gasteiger partial charge in [0.15, 0.2) is 0 Å². The van der Waals surface area contributed by atoms with Crippen LogP contribution in [-0.2, 0) is 0 Å². The number of piperidine rings is 1. The Morgan fingerprint density at radius 2 is 2.13 bits per heavy atom. The largest absolute Gasteiger partial charge is 0.364 e. The molecule has 2 heterocycles. The van der Waals surface area contributed by atoms with E-state index >= 15 is 0 Å². The van der Waals surface area contributed by atoms with Gasteiger partial charge in [-0.2, -0.15) is 5.26 Å². The predicted molar refractivity (Wildman–Crippen MR) is 91.1 cm³/mol. The summed E-state index contributed by atoms with van der Waals surface area (Å²) in [6, 6.07) is 2.60. The second-order valence-electron chi connectivity index (χ2n) is 6.57. The predicted octanol–water partition coefficient (Wildman–Crippen LogP) is 3.57. The molecule has 23 heavy (non-hydrogen) atoms. The van der Waals surface area contributed by atoms with E-state index in [1.54, 1.807) is 0 Å². The first-order chi connectivity index (χ1) is 11.1. The first-order valence-electron chi connectivity index (χ1n) is 7.99. The Balaban J connectivity index is 2.06. The van der Waals surface area contributed by atoms with Gasteiger partial charge in [0.05, 0.1) is 12.1 Å². The molecule has 1 atom stereocenters. The quantitative estimate of drug-likeness (QED) is 0.628. The molecule has 1 unspecified atom stereocenters. The molecule has 1 aromatic rings. The van der Waals surface area contributed by atoms with Crippen LogP contribution in [0.5, 0.6) is 0 Å². The number of aromatic nitrogens is 1. The topological polar surface area (TPSA) is 47.5 Å². The zero-order valence-corrected chi connectivity index (χ0v) is 14.3. The highest BCUT2D eigenvalue weighted by Gasteiger charge is 2.34. The van der Waals surface area contributed by atoms with E-state index < -0.39 is 0 Å². The molecule has 3 rings (SSSR count). The molecule has 2 aliphatic rings. The van der Waals surface area contributed by atoms with Gasteiger partial charge in [0.25, 0.3) is 0 Å². The van der Waals surface area contributed by atoms with E-state index in [0.29, 0.717) is 29.0 Å². The normalized spacial score (nSPS) is 21.1. The van der Waals surface area contributed by atoms with E-state index in [2.05, 4.69) is 39.8 Å². The summed E-state index contributed by atoms with van der Waals surface area (Å²) in [5, 5.41) is 9.65. The third-order valence-electron chi connectivity index (χ3n) is 4.78. The molecule has 0 N–H and O–H groups in total. The Hall–Kier alpha value is -1.82. The summed E-state index contributed by atoms with van der Waals surface area (Å²) in [4.78, 5) is 12.6. The highest BCUT2D eigenvalue weighted by molar-refractivity contribution is 6.31. The molecule has 120 valence electrons. The minimum absolute atomic E-state index is 0.240. The standard InChI is InChI=1S/C17H20ClN5/c1-20-15-14(11-6-7-11)13(9-19)16(18)21-17(15)23-8-4-5-12(10-23)22(2)3/h11-12H,4-8,10H2,2-3H3. The molecule has 0 radical (unpaired) electrons. The average molecular weight is 330 g/mol. The lowest BCUT2D eigenvalue weighted by molar-refractivity contribution is 0.257. The molecule has 1 aliphatic carbocycles. The van der Waals surface area contributed by atoms with Crippen LogP contribution < -0.4 is 4.90 Å². The monoisotopic (exact) mass is 329 g/mol. The van der Waals surface area contributed by atoms with E-state index in [-0.39, 0.29) is 5.15 Å². The first-order valence-corrected chi connectivity index (χ1v) is 8.37. The van der Waals surface area contributed by atoms with Crippen molar-refractivity contribution in [2.45, 2.75) is 37.6 Å². The smallest absolute Gasteiger partial charge is 0.233 e. The molecule has 0 amide bonds. The van der Waals surface area contributed by atoms with Crippen molar-refractivity contribution in [1.82, 2.24) is 9.88 Å². The number of nitriles is 1. The highest BCUT2D eigenvalue weighted by atomic mass is 35.5. The Bertz CT molecular complexity index is 696. The van der Waals surface area contributed by atoms with Crippen molar-refractivity contribution in [3.8, 4) is 6.07 Å². The fourth-order valence-electron chi connectivity index (χ4n) is 3.33. The van der Waals surface area contributed by atoms with Gasteiger partial charge in [0, 0.05) is 19.1 Å². The molecule has 0 aromatic carbocycles. The van der Waals surface area contributed by atoms with Crippen LogP contribution in [0.25, 0.3) is 4.85 Å². The van der Waals surface area contributed by atoms with Crippen molar-refractivity contribution in [2.24, 2.45) is 0 Å². The lowest BCUT2D eigenvalue weighted by atomic mass is 10.0. The van der Waals surface area contributed by atoms with Crippen LogP contribution in [0.4, 0.5) is 11.5 Å². The number of likely N-dealkylation sites (N-methyl/N-ethyl adjacent to an activating group) is 1. The van der Waals surface area contributed by atoms with Crippen LogP contribution >= 0.6 is 11.6 Å². The Kier molecular flexibility index (Phi) is 4.43. The zero-order valence-electron chi connectivity index (χ0n) is 13.5. The lowest BCUT2D eigenvalue weighted by Gasteiger charge is -2.37. The molecule has 5 nitrogen and oxygen atoms in total. The van der Waals surface area contributed by atoms with E-state index in [1.165, 1.54) is 0 Å². The summed E-state index contributed by atoms with van der Waals surface area (Å²) in [5.74, 6) is 0.958. The summed E-state index contributed by atoms with van der Waals surface area (Å²) in [6.07, 6.45) is 4.27. The van der Waals surface area contributed by atoms with Crippen LogP contribution in [0.15, 0.2) is 0 Å². The third-order valence-corrected chi connectivity index (χ3v) is 5.06. The molecule has 2 fully saturated rings. The number of rotatable bonds is 3. The van der Waals surface area contributed by atoms with E-state index in [0.717, 1.165) is 44.3 Å². The van der Waals surface area contributed by atoms with Gasteiger partial charge in [-0.25, -0.2) is 9.83 Å². The van der Waals surface area contributed by atoms with Crippen molar-refractivity contribution in [1.29, 1.82) is 5.26 Å². The summed E-state index contributed by atoms with van der Waals surface area (Å²) in [5.41, 5.74) is 1.75. The molecule has 0 bridgehead atoms. The summed E-state index contributed by atoms with van der Waals surface area (Å²) in [6.45, 7) is 9.36. The van der Waals surface area contributed by atoms with Crippen molar-refractivity contribution >= 4 is 23.1 Å². The van der Waals surface area contributed by atoms with E-state index in [9.17, 15) is 5.26 Å². The van der Waals surface area contributed by atoms with Crippen molar-refractivity contribution in [2.75, 3.05) is 32.1 Å². The minimum atomic E-state index is 0.240. The van der Waals surface area contributed by atoms with Gasteiger partial charge in [0.1, 0.15) is 17.0 Å². The molecular formula is C17H20ClN5. The number of halogens is 1. The van der Waals surface area contributed by atoms with Crippen LogP contribution in [-0.4, -0.2) is 43.1 Å². The first kappa shape index (κ1) is 16.1. The highest BCUT2D eigenvalue weighted by Crippen LogP contribution is 2.50. The van der Waals surface area contributed by atoms with Crippen LogP contribution in [0.3, 0.4) is 0 Å². The molecule has 1 saturated heterocycles. The SMILES string of the molecule is [C-]#[N+]c1c(N2CCCC(N(C)C)C2)nc(Cl)c(C#N)c1C1CC1. The Labute approximate surface area is 142 Å². The van der Waals surface area contributed by atoms with Gasteiger partial charge < -0.3 is 9.80 Å². The minimum Gasteiger partial charge on any atom is -0.364 e. The third kappa shape index (κ3) is 3.00. The van der Waals surface area contributed by atoms with Gasteiger partial charge in [-0.15, -0.1) is 0 Å². The van der Waals surface area contributed by atoms with Gasteiger partial charge >= 0.3 is 0 Å². The van der Waals surface area contributed by atoms with Crippen molar-refractivity contribution in [3.05, 3.63) is 27.7 Å². The van der Waals surface area contributed by atoms with Gasteiger partial charge in [0.2, 0.25) is 5.69 Å². The van der Waals surface area contributed by atoms with Gasteiger partial charge in [-0.3, -0.25) is 0 Å². The van der Waals surface area contributed by atoms with E-state index in [1.807, 2.05) is 0 Å². The van der Waals surface area contributed by atoms with Crippen molar-refractivity contribution in [3.63, 3.8) is 0 Å². The second kappa shape index (κ2) is 6.35. The molecule has 0 spiro atoms.